The molecule has 0 radical (unpaired) electrons. The highest BCUT2D eigenvalue weighted by molar-refractivity contribution is 5.22. The highest BCUT2D eigenvalue weighted by Gasteiger charge is 2.41. The molecule has 0 heterocycles. The van der Waals surface area contributed by atoms with Crippen LogP contribution in [0.5, 0.6) is 0 Å². The van der Waals surface area contributed by atoms with Gasteiger partial charge in [0.25, 0.3) is 0 Å². The first-order valence-corrected chi connectivity index (χ1v) is 6.54. The Morgan fingerprint density at radius 3 is 2.56 bits per heavy atom. The third-order valence-electron chi connectivity index (χ3n) is 4.76. The predicted octanol–water partition coefficient (Wildman–Crippen LogP) is 3.20. The zero-order valence-electron chi connectivity index (χ0n) is 9.68. The Hall–Kier alpha value is -0.820. The molecule has 4 unspecified atom stereocenters. The fourth-order valence-corrected chi connectivity index (χ4v) is 3.93. The van der Waals surface area contributed by atoms with E-state index in [4.69, 9.17) is 0 Å². The average molecular weight is 216 g/mol. The molecule has 1 nitrogen and oxygen atoms in total. The van der Waals surface area contributed by atoms with Crippen LogP contribution in [0.1, 0.15) is 37.2 Å². The minimum absolute atomic E-state index is 0.405. The zero-order chi connectivity index (χ0) is 11.0. The summed E-state index contributed by atoms with van der Waals surface area (Å²) in [4.78, 5) is 0. The van der Waals surface area contributed by atoms with E-state index in [1.807, 2.05) is 0 Å². The van der Waals surface area contributed by atoms with Gasteiger partial charge in [-0.3, -0.25) is 0 Å². The molecule has 0 aromatic heterocycles. The van der Waals surface area contributed by atoms with Crippen LogP contribution in [0, 0.1) is 17.8 Å². The van der Waals surface area contributed by atoms with Crippen molar-refractivity contribution in [3.05, 3.63) is 35.9 Å². The fourth-order valence-electron chi connectivity index (χ4n) is 3.93. The van der Waals surface area contributed by atoms with Crippen molar-refractivity contribution in [3.8, 4) is 0 Å². The topological polar surface area (TPSA) is 20.2 Å². The number of hydrogen-bond donors (Lipinski definition) is 1. The van der Waals surface area contributed by atoms with E-state index in [0.717, 1.165) is 17.8 Å². The summed E-state index contributed by atoms with van der Waals surface area (Å²) in [7, 11) is 0. The van der Waals surface area contributed by atoms with Gasteiger partial charge >= 0.3 is 0 Å². The van der Waals surface area contributed by atoms with Gasteiger partial charge in [-0.15, -0.1) is 0 Å². The van der Waals surface area contributed by atoms with Crippen LogP contribution in [0.3, 0.4) is 0 Å². The number of fused-ring (bicyclic) bond motifs is 2. The number of aliphatic hydroxyl groups is 1. The Balaban J connectivity index is 1.80. The van der Waals surface area contributed by atoms with E-state index in [-0.39, 0.29) is 0 Å². The van der Waals surface area contributed by atoms with Crippen LogP contribution < -0.4 is 0 Å². The highest BCUT2D eigenvalue weighted by atomic mass is 16.3. The molecule has 1 N–H and O–H groups in total. The molecule has 3 rings (SSSR count). The second-order valence-corrected chi connectivity index (χ2v) is 5.53. The number of hydrogen-bond acceptors (Lipinski definition) is 1. The predicted molar refractivity (Wildman–Crippen MR) is 65.2 cm³/mol. The quantitative estimate of drug-likeness (QED) is 0.805. The molecular weight excluding hydrogens is 196 g/mol. The molecule has 0 saturated heterocycles. The van der Waals surface area contributed by atoms with Crippen LogP contribution in [0.15, 0.2) is 30.3 Å². The normalized spacial score (nSPS) is 37.6. The van der Waals surface area contributed by atoms with Crippen molar-refractivity contribution < 1.29 is 5.11 Å². The molecule has 2 aliphatic rings. The second kappa shape index (κ2) is 4.21. The van der Waals surface area contributed by atoms with E-state index in [1.54, 1.807) is 0 Å². The maximum absolute atomic E-state index is 9.37. The van der Waals surface area contributed by atoms with Crippen LogP contribution in [0.2, 0.25) is 0 Å². The first-order chi connectivity index (χ1) is 7.88. The van der Waals surface area contributed by atoms with Crippen molar-refractivity contribution in [2.45, 2.75) is 31.6 Å². The summed E-state index contributed by atoms with van der Waals surface area (Å²) in [6.07, 6.45) is 5.25. The monoisotopic (exact) mass is 216 g/mol. The Kier molecular flexibility index (Phi) is 2.72. The van der Waals surface area contributed by atoms with E-state index in [2.05, 4.69) is 30.3 Å². The van der Waals surface area contributed by atoms with Gasteiger partial charge in [-0.25, -0.2) is 0 Å². The van der Waals surface area contributed by atoms with Crippen molar-refractivity contribution >= 4 is 0 Å². The smallest absolute Gasteiger partial charge is 0.0462 e. The van der Waals surface area contributed by atoms with Crippen LogP contribution in [0.25, 0.3) is 0 Å². The summed E-state index contributed by atoms with van der Waals surface area (Å²) < 4.78 is 0. The van der Waals surface area contributed by atoms with Gasteiger partial charge in [-0.2, -0.15) is 0 Å². The molecule has 1 aromatic rings. The molecule has 86 valence electrons. The standard InChI is InChI=1S/C15H20O/c16-10-14-9-13-8-12(14)6-7-15(13)11-4-2-1-3-5-11/h1-5,12-16H,6-10H2. The highest BCUT2D eigenvalue weighted by Crippen LogP contribution is 2.52. The Morgan fingerprint density at radius 2 is 1.81 bits per heavy atom. The molecule has 0 aliphatic heterocycles. The minimum Gasteiger partial charge on any atom is -0.396 e. The van der Waals surface area contributed by atoms with E-state index in [1.165, 1.54) is 31.2 Å². The van der Waals surface area contributed by atoms with Gasteiger partial charge in [-0.05, 0) is 54.9 Å². The van der Waals surface area contributed by atoms with Gasteiger partial charge in [0.2, 0.25) is 0 Å². The van der Waals surface area contributed by atoms with Crippen LogP contribution in [-0.4, -0.2) is 11.7 Å². The molecule has 4 atom stereocenters. The van der Waals surface area contributed by atoms with Gasteiger partial charge in [0.1, 0.15) is 0 Å². The van der Waals surface area contributed by atoms with Gasteiger partial charge in [0.15, 0.2) is 0 Å². The first-order valence-electron chi connectivity index (χ1n) is 6.54. The Morgan fingerprint density at radius 1 is 1.00 bits per heavy atom. The van der Waals surface area contributed by atoms with Crippen LogP contribution in [0.4, 0.5) is 0 Å². The van der Waals surface area contributed by atoms with E-state index in [0.29, 0.717) is 12.5 Å². The molecule has 2 fully saturated rings. The first kappa shape index (κ1) is 10.3. The third-order valence-corrected chi connectivity index (χ3v) is 4.76. The van der Waals surface area contributed by atoms with Crippen molar-refractivity contribution in [2.75, 3.05) is 6.61 Å². The van der Waals surface area contributed by atoms with Crippen LogP contribution in [-0.2, 0) is 0 Å². The largest absolute Gasteiger partial charge is 0.396 e. The number of benzene rings is 1. The summed E-state index contributed by atoms with van der Waals surface area (Å²) in [6, 6.07) is 11.0. The molecule has 1 heteroatoms. The van der Waals surface area contributed by atoms with Gasteiger partial charge < -0.3 is 5.11 Å². The lowest BCUT2D eigenvalue weighted by atomic mass is 9.76. The SMILES string of the molecule is OCC1CC2CC1CCC2c1ccccc1. The maximum atomic E-state index is 9.37. The average Bonchev–Trinajstić information content (AvgIpc) is 2.67. The van der Waals surface area contributed by atoms with Gasteiger partial charge in [0.05, 0.1) is 0 Å². The van der Waals surface area contributed by atoms with E-state index in [9.17, 15) is 5.11 Å². The molecule has 2 aliphatic carbocycles. The van der Waals surface area contributed by atoms with E-state index >= 15 is 0 Å². The van der Waals surface area contributed by atoms with Crippen LogP contribution >= 0.6 is 0 Å². The van der Waals surface area contributed by atoms with Gasteiger partial charge in [0, 0.05) is 6.61 Å². The summed E-state index contributed by atoms with van der Waals surface area (Å²) in [5.74, 6) is 3.00. The van der Waals surface area contributed by atoms with Crippen molar-refractivity contribution in [1.82, 2.24) is 0 Å². The molecule has 16 heavy (non-hydrogen) atoms. The molecule has 0 spiro atoms. The lowest BCUT2D eigenvalue weighted by Gasteiger charge is -2.29. The zero-order valence-corrected chi connectivity index (χ0v) is 9.68. The third kappa shape index (κ3) is 1.67. The van der Waals surface area contributed by atoms with Crippen molar-refractivity contribution in [3.63, 3.8) is 0 Å². The molecule has 2 bridgehead atoms. The molecule has 2 saturated carbocycles. The number of aliphatic hydroxyl groups excluding tert-OH is 1. The minimum atomic E-state index is 0.405. The maximum Gasteiger partial charge on any atom is 0.0462 e. The lowest BCUT2D eigenvalue weighted by Crippen LogP contribution is -2.17. The summed E-state index contributed by atoms with van der Waals surface area (Å²) in [6.45, 7) is 0.405. The summed E-state index contributed by atoms with van der Waals surface area (Å²) >= 11 is 0. The Labute approximate surface area is 97.5 Å². The number of rotatable bonds is 2. The molecule has 0 amide bonds. The van der Waals surface area contributed by atoms with Crippen molar-refractivity contribution in [2.24, 2.45) is 17.8 Å². The second-order valence-electron chi connectivity index (χ2n) is 5.53. The fraction of sp³-hybridized carbons (Fsp3) is 0.600. The molecular formula is C15H20O. The van der Waals surface area contributed by atoms with E-state index < -0.39 is 0 Å². The molecule has 1 aromatic carbocycles. The van der Waals surface area contributed by atoms with Gasteiger partial charge in [-0.1, -0.05) is 30.3 Å². The van der Waals surface area contributed by atoms with Crippen molar-refractivity contribution in [1.29, 1.82) is 0 Å². The summed E-state index contributed by atoms with van der Waals surface area (Å²) in [5.41, 5.74) is 1.52. The summed E-state index contributed by atoms with van der Waals surface area (Å²) in [5, 5.41) is 9.37. The Bertz CT molecular complexity index is 346. The lowest BCUT2D eigenvalue weighted by molar-refractivity contribution is 0.189.